The molecule has 0 spiro atoms. The summed E-state index contributed by atoms with van der Waals surface area (Å²) in [4.78, 5) is 10.1. The fraction of sp³-hybridized carbons (Fsp3) is 0.250. The summed E-state index contributed by atoms with van der Waals surface area (Å²) < 4.78 is 72.6. The molecule has 148 valence electrons. The van der Waals surface area contributed by atoms with Crippen LogP contribution in [0.25, 0.3) is 0 Å². The van der Waals surface area contributed by atoms with Crippen molar-refractivity contribution in [2.45, 2.75) is 9.79 Å². The molecule has 1 aromatic heterocycles. The number of nitrogens with two attached hydrogens (primary N) is 1. The van der Waals surface area contributed by atoms with Gasteiger partial charge in [0.1, 0.15) is 20.2 Å². The number of methoxy groups -OCH3 is 1. The fourth-order valence-electron chi connectivity index (χ4n) is 1.87. The third kappa shape index (κ3) is 8.98. The topological polar surface area (TPSA) is 212 Å². The minimum Gasteiger partial charge on any atom is -0.744 e. The van der Waals surface area contributed by atoms with Crippen molar-refractivity contribution in [3.05, 3.63) is 18.2 Å². The van der Waals surface area contributed by atoms with E-state index < -0.39 is 35.7 Å². The second-order valence-corrected chi connectivity index (χ2v) is 7.60. The molecule has 0 unspecified atom stereocenters. The second-order valence-electron chi connectivity index (χ2n) is 4.88. The predicted octanol–water partition coefficient (Wildman–Crippen LogP) is -7.19. The number of benzene rings is 1. The first-order valence-electron chi connectivity index (χ1n) is 7.11. The maximum Gasteiger partial charge on any atom is 1.00 e. The van der Waals surface area contributed by atoms with Gasteiger partial charge in [0.2, 0.25) is 11.9 Å². The van der Waals surface area contributed by atoms with Crippen LogP contribution < -0.4 is 124 Å². The zero-order valence-corrected chi connectivity index (χ0v) is 23.6. The van der Waals surface area contributed by atoms with Crippen molar-refractivity contribution < 1.29 is 133 Å². The largest absolute Gasteiger partial charge is 1.00 e. The smallest absolute Gasteiger partial charge is 0.744 e. The van der Waals surface area contributed by atoms with Gasteiger partial charge in [0.15, 0.2) is 0 Å². The van der Waals surface area contributed by atoms with Crippen molar-refractivity contribution in [1.82, 2.24) is 15.0 Å². The van der Waals surface area contributed by atoms with Crippen LogP contribution in [-0.2, 0) is 20.2 Å². The Balaban J connectivity index is 0.00000392. The van der Waals surface area contributed by atoms with Crippen LogP contribution in [0.1, 0.15) is 0 Å². The van der Waals surface area contributed by atoms with Crippen LogP contribution in [0, 0.1) is 0 Å². The third-order valence-corrected chi connectivity index (χ3v) is 4.71. The molecule has 0 aliphatic rings. The van der Waals surface area contributed by atoms with Crippen LogP contribution in [0.3, 0.4) is 0 Å². The van der Waals surface area contributed by atoms with Gasteiger partial charge in [-0.3, -0.25) is 0 Å². The summed E-state index contributed by atoms with van der Waals surface area (Å²) in [5, 5.41) is 5.13. The number of nitrogens with one attached hydrogen (secondary N) is 2. The van der Waals surface area contributed by atoms with Crippen LogP contribution in [-0.4, -0.2) is 61.1 Å². The molecular weight excluding hydrogens is 482 g/mol. The number of anilines is 3. The van der Waals surface area contributed by atoms with Gasteiger partial charge in [-0.25, -0.2) is 16.8 Å². The molecule has 0 saturated carbocycles. The molecule has 29 heavy (non-hydrogen) atoms. The molecule has 2 aromatic rings. The van der Waals surface area contributed by atoms with Gasteiger partial charge in [-0.05, 0) is 18.2 Å². The van der Waals surface area contributed by atoms with Crippen LogP contribution in [0.15, 0.2) is 28.0 Å². The summed E-state index contributed by atoms with van der Waals surface area (Å²) in [5.74, 6) is -0.249. The van der Waals surface area contributed by atoms with E-state index in [1.807, 2.05) is 0 Å². The Labute approximate surface area is 252 Å². The minimum absolute atomic E-state index is 0. The third-order valence-electron chi connectivity index (χ3n) is 2.98. The Kier molecular flexibility index (Phi) is 12.9. The Hall–Kier alpha value is 0.683. The summed E-state index contributed by atoms with van der Waals surface area (Å²) in [5.41, 5.74) is 4.87. The van der Waals surface area contributed by atoms with Gasteiger partial charge >= 0.3 is 109 Å². The molecule has 1 aromatic carbocycles. The van der Waals surface area contributed by atoms with Gasteiger partial charge in [0.05, 0.1) is 22.6 Å². The zero-order chi connectivity index (χ0) is 20.2. The minimum atomic E-state index is -5.00. The van der Waals surface area contributed by atoms with E-state index in [-0.39, 0.29) is 127 Å². The molecule has 0 aliphatic carbocycles. The van der Waals surface area contributed by atoms with Gasteiger partial charge in [0.25, 0.3) is 0 Å². The second kappa shape index (κ2) is 12.7. The van der Waals surface area contributed by atoms with Gasteiger partial charge in [0, 0.05) is 13.1 Å². The van der Waals surface area contributed by atoms with E-state index in [1.54, 1.807) is 0 Å². The number of aromatic nitrogens is 3. The molecule has 0 radical (unpaired) electrons. The van der Waals surface area contributed by atoms with E-state index in [9.17, 15) is 25.9 Å². The number of hydrogen-bond acceptors (Lipinski definition) is 13. The van der Waals surface area contributed by atoms with Crippen molar-refractivity contribution in [2.24, 2.45) is 5.73 Å². The summed E-state index contributed by atoms with van der Waals surface area (Å²) in [7, 11) is -8.64. The van der Waals surface area contributed by atoms with E-state index in [0.29, 0.717) is 24.7 Å². The fourth-order valence-corrected chi connectivity index (χ4v) is 2.98. The van der Waals surface area contributed by atoms with Crippen molar-refractivity contribution in [3.63, 3.8) is 0 Å². The summed E-state index contributed by atoms with van der Waals surface area (Å²) in [6.07, 6.45) is 0. The molecule has 0 saturated heterocycles. The van der Waals surface area contributed by atoms with E-state index in [4.69, 9.17) is 10.5 Å². The standard InChI is InChI=1S/C12H16N6O7S2.2K/c1-25-12-17-10(14-5-4-13)16-11(18-12)15-8-6-7(26(19,20)21)2-3-9(8)27(22,23)24;;/h2-3,6H,4-5,13H2,1H3,(H,19,20,21)(H,22,23,24)(H2,14,15,16,17,18);;/q;2*+1/p-2. The van der Waals surface area contributed by atoms with Gasteiger partial charge in [-0.15, -0.1) is 0 Å². The molecule has 0 bridgehead atoms. The molecule has 1 heterocycles. The first kappa shape index (κ1) is 29.7. The average Bonchev–Trinajstić information content (AvgIpc) is 2.58. The van der Waals surface area contributed by atoms with Gasteiger partial charge in [-0.2, -0.15) is 15.0 Å². The van der Waals surface area contributed by atoms with Crippen molar-refractivity contribution >= 4 is 37.8 Å². The summed E-state index contributed by atoms with van der Waals surface area (Å²) >= 11 is 0. The van der Waals surface area contributed by atoms with Crippen LogP contribution >= 0.6 is 0 Å². The number of hydrogen-bond donors (Lipinski definition) is 3. The van der Waals surface area contributed by atoms with Gasteiger partial charge in [-0.1, -0.05) is 0 Å². The first-order chi connectivity index (χ1) is 12.5. The van der Waals surface area contributed by atoms with E-state index >= 15 is 0 Å². The number of nitrogens with zero attached hydrogens (tertiary/aromatic N) is 3. The SMILES string of the molecule is COc1nc(NCCN)nc(Nc2cc(S(=O)(=O)[O-])ccc2S(=O)(=O)[O-])n1.[K+].[K+]. The number of ether oxygens (including phenoxy) is 1. The van der Waals surface area contributed by atoms with Gasteiger partial charge < -0.3 is 30.2 Å². The summed E-state index contributed by atoms with van der Waals surface area (Å²) in [6, 6.07) is 1.93. The van der Waals surface area contributed by atoms with E-state index in [1.165, 1.54) is 7.11 Å². The Morgan fingerprint density at radius 1 is 1.03 bits per heavy atom. The maximum absolute atomic E-state index is 11.4. The number of rotatable bonds is 8. The van der Waals surface area contributed by atoms with E-state index in [0.717, 1.165) is 0 Å². The van der Waals surface area contributed by atoms with Crippen molar-refractivity contribution in [3.8, 4) is 6.01 Å². The summed E-state index contributed by atoms with van der Waals surface area (Å²) in [6.45, 7) is 0.565. The normalized spacial score (nSPS) is 11.0. The molecule has 13 nitrogen and oxygen atoms in total. The first-order valence-corrected chi connectivity index (χ1v) is 9.93. The molecule has 17 heteroatoms. The molecule has 0 aliphatic heterocycles. The quantitative estimate of drug-likeness (QED) is 0.229. The van der Waals surface area contributed by atoms with Crippen LogP contribution in [0.2, 0.25) is 0 Å². The maximum atomic E-state index is 11.4. The molecule has 4 N–H and O–H groups in total. The monoisotopic (exact) mass is 496 g/mol. The molecule has 2 rings (SSSR count). The van der Waals surface area contributed by atoms with Crippen molar-refractivity contribution in [2.75, 3.05) is 30.8 Å². The Morgan fingerprint density at radius 3 is 2.17 bits per heavy atom. The zero-order valence-electron chi connectivity index (χ0n) is 15.7. The molecule has 0 fully saturated rings. The molecular formula is C12H14K2N6O7S2. The van der Waals surface area contributed by atoms with Crippen molar-refractivity contribution in [1.29, 1.82) is 0 Å². The Bertz CT molecular complexity index is 1050. The average molecular weight is 497 g/mol. The van der Waals surface area contributed by atoms with Crippen LogP contribution in [0.5, 0.6) is 6.01 Å². The molecule has 0 amide bonds. The Morgan fingerprint density at radius 2 is 1.66 bits per heavy atom. The van der Waals surface area contributed by atoms with Crippen LogP contribution in [0.4, 0.5) is 17.6 Å². The predicted molar refractivity (Wildman–Crippen MR) is 89.6 cm³/mol. The molecule has 0 atom stereocenters. The van der Waals surface area contributed by atoms with E-state index in [2.05, 4.69) is 25.6 Å².